The van der Waals surface area contributed by atoms with E-state index in [1.54, 1.807) is 17.3 Å². The van der Waals surface area contributed by atoms with Gasteiger partial charge in [0.1, 0.15) is 18.1 Å². The van der Waals surface area contributed by atoms with Gasteiger partial charge in [0.2, 0.25) is 0 Å². The number of hydrogen-bond donors (Lipinski definition) is 1. The fourth-order valence-corrected chi connectivity index (χ4v) is 2.67. The second kappa shape index (κ2) is 9.50. The van der Waals surface area contributed by atoms with Crippen molar-refractivity contribution in [1.29, 1.82) is 0 Å². The summed E-state index contributed by atoms with van der Waals surface area (Å²) in [4.78, 5) is 18.2. The molecule has 1 aromatic carbocycles. The average Bonchev–Trinajstić information content (AvgIpc) is 2.97. The van der Waals surface area contributed by atoms with Gasteiger partial charge >= 0.3 is 0 Å². The molecule has 0 saturated heterocycles. The summed E-state index contributed by atoms with van der Waals surface area (Å²) >= 11 is 1.47. The van der Waals surface area contributed by atoms with Crippen LogP contribution in [0.1, 0.15) is 21.1 Å². The highest BCUT2D eigenvalue weighted by molar-refractivity contribution is 7.09. The number of carbonyl (C=O) groups is 1. The van der Waals surface area contributed by atoms with Crippen LogP contribution in [0, 0.1) is 6.92 Å². The Hall–Kier alpha value is -1.63. The van der Waals surface area contributed by atoms with Gasteiger partial charge in [-0.25, -0.2) is 4.98 Å². The Kier molecular flexibility index (Phi) is 8.02. The van der Waals surface area contributed by atoms with E-state index >= 15 is 0 Å². The van der Waals surface area contributed by atoms with E-state index in [1.807, 2.05) is 31.2 Å². The molecule has 1 amide bonds. The molecule has 7 heteroatoms. The summed E-state index contributed by atoms with van der Waals surface area (Å²) in [6, 6.07) is 7.85. The van der Waals surface area contributed by atoms with Crippen LogP contribution < -0.4 is 10.5 Å². The lowest BCUT2D eigenvalue weighted by molar-refractivity contribution is 0.0768. The van der Waals surface area contributed by atoms with Crippen molar-refractivity contribution in [3.63, 3.8) is 0 Å². The Bertz CT molecular complexity index is 616. The van der Waals surface area contributed by atoms with Crippen molar-refractivity contribution in [3.8, 4) is 5.75 Å². The van der Waals surface area contributed by atoms with E-state index in [1.165, 1.54) is 16.9 Å². The number of nitrogens with two attached hydrogens (primary N) is 1. The molecule has 0 unspecified atom stereocenters. The maximum atomic E-state index is 12.2. The van der Waals surface area contributed by atoms with Crippen LogP contribution in [-0.2, 0) is 6.42 Å². The SMILES string of the molecule is Cc1ccc(OCCN(C)C(=O)c2csc(CCN)n2)cc1.Cl. The first-order chi connectivity index (χ1) is 10.6. The molecule has 0 fully saturated rings. The van der Waals surface area contributed by atoms with Gasteiger partial charge < -0.3 is 15.4 Å². The van der Waals surface area contributed by atoms with Crippen molar-refractivity contribution in [3.05, 3.63) is 45.9 Å². The van der Waals surface area contributed by atoms with Crippen LogP contribution in [-0.4, -0.2) is 42.5 Å². The molecule has 0 saturated carbocycles. The summed E-state index contributed by atoms with van der Waals surface area (Å²) in [7, 11) is 1.75. The number of likely N-dealkylation sites (N-methyl/N-ethyl adjacent to an activating group) is 1. The molecule has 2 rings (SSSR count). The molecule has 0 bridgehead atoms. The van der Waals surface area contributed by atoms with Gasteiger partial charge in [0.15, 0.2) is 0 Å². The number of ether oxygens (including phenoxy) is 1. The van der Waals surface area contributed by atoms with Crippen molar-refractivity contribution >= 4 is 29.7 Å². The normalized spacial score (nSPS) is 10.0. The van der Waals surface area contributed by atoms with Crippen molar-refractivity contribution < 1.29 is 9.53 Å². The van der Waals surface area contributed by atoms with Crippen molar-refractivity contribution in [2.24, 2.45) is 5.73 Å². The maximum Gasteiger partial charge on any atom is 0.273 e. The van der Waals surface area contributed by atoms with Gasteiger partial charge in [0, 0.05) is 18.8 Å². The fraction of sp³-hybridized carbons (Fsp3) is 0.375. The van der Waals surface area contributed by atoms with Crippen molar-refractivity contribution in [2.75, 3.05) is 26.7 Å². The Balaban J connectivity index is 0.00000264. The number of carbonyl (C=O) groups excluding carboxylic acids is 1. The van der Waals surface area contributed by atoms with Crippen molar-refractivity contribution in [1.82, 2.24) is 9.88 Å². The Morgan fingerprint density at radius 3 is 2.70 bits per heavy atom. The molecule has 0 aliphatic carbocycles. The molecule has 0 spiro atoms. The van der Waals surface area contributed by atoms with E-state index in [-0.39, 0.29) is 18.3 Å². The predicted molar refractivity (Wildman–Crippen MR) is 95.8 cm³/mol. The topological polar surface area (TPSA) is 68.5 Å². The van der Waals surface area contributed by atoms with Crippen LogP contribution in [0.15, 0.2) is 29.6 Å². The smallest absolute Gasteiger partial charge is 0.273 e. The molecule has 0 aliphatic heterocycles. The second-order valence-corrected chi connectivity index (χ2v) is 6.00. The molecule has 2 N–H and O–H groups in total. The van der Waals surface area contributed by atoms with E-state index in [9.17, 15) is 4.79 Å². The molecule has 126 valence electrons. The molecule has 1 aromatic heterocycles. The Labute approximate surface area is 146 Å². The predicted octanol–water partition coefficient (Wildman–Crippen LogP) is 2.53. The zero-order chi connectivity index (χ0) is 15.9. The van der Waals surface area contributed by atoms with Crippen molar-refractivity contribution in [2.45, 2.75) is 13.3 Å². The van der Waals surface area contributed by atoms with E-state index in [4.69, 9.17) is 10.5 Å². The zero-order valence-corrected chi connectivity index (χ0v) is 15.0. The minimum absolute atomic E-state index is 0. The molecule has 23 heavy (non-hydrogen) atoms. The summed E-state index contributed by atoms with van der Waals surface area (Å²) in [5.41, 5.74) is 7.16. The number of thiazole rings is 1. The molecule has 0 aliphatic rings. The minimum Gasteiger partial charge on any atom is -0.492 e. The summed E-state index contributed by atoms with van der Waals surface area (Å²) in [6.45, 7) is 3.53. The van der Waals surface area contributed by atoms with Gasteiger partial charge in [0.05, 0.1) is 11.6 Å². The van der Waals surface area contributed by atoms with Crippen LogP contribution in [0.4, 0.5) is 0 Å². The van der Waals surface area contributed by atoms with E-state index in [0.29, 0.717) is 31.8 Å². The van der Waals surface area contributed by atoms with Crippen LogP contribution >= 0.6 is 23.7 Å². The summed E-state index contributed by atoms with van der Waals surface area (Å²) < 4.78 is 5.63. The third kappa shape index (κ3) is 5.82. The first kappa shape index (κ1) is 19.4. The summed E-state index contributed by atoms with van der Waals surface area (Å²) in [6.07, 6.45) is 0.707. The number of aromatic nitrogens is 1. The maximum absolute atomic E-state index is 12.2. The lowest BCUT2D eigenvalue weighted by atomic mass is 10.2. The monoisotopic (exact) mass is 355 g/mol. The molecule has 1 heterocycles. The second-order valence-electron chi connectivity index (χ2n) is 5.05. The largest absolute Gasteiger partial charge is 0.492 e. The molecular weight excluding hydrogens is 334 g/mol. The highest BCUT2D eigenvalue weighted by Gasteiger charge is 2.15. The van der Waals surface area contributed by atoms with Crippen LogP contribution in [0.2, 0.25) is 0 Å². The third-order valence-corrected chi connectivity index (χ3v) is 4.10. The molecule has 2 aromatic rings. The Morgan fingerprint density at radius 1 is 1.35 bits per heavy atom. The van der Waals surface area contributed by atoms with Gasteiger partial charge in [-0.1, -0.05) is 17.7 Å². The van der Waals surface area contributed by atoms with Gasteiger partial charge in [-0.2, -0.15) is 0 Å². The van der Waals surface area contributed by atoms with Gasteiger partial charge in [-0.15, -0.1) is 23.7 Å². The van der Waals surface area contributed by atoms with Crippen LogP contribution in [0.3, 0.4) is 0 Å². The standard InChI is InChI=1S/C16H21N3O2S.ClH/c1-12-3-5-13(6-4-12)21-10-9-19(2)16(20)14-11-22-15(18-14)7-8-17;/h3-6,11H,7-10,17H2,1-2H3;1H. The quantitative estimate of drug-likeness (QED) is 0.828. The lowest BCUT2D eigenvalue weighted by Gasteiger charge is -2.16. The van der Waals surface area contributed by atoms with E-state index in [2.05, 4.69) is 4.98 Å². The fourth-order valence-electron chi connectivity index (χ4n) is 1.88. The number of benzene rings is 1. The van der Waals surface area contributed by atoms with Gasteiger partial charge in [-0.3, -0.25) is 4.79 Å². The molecule has 0 radical (unpaired) electrons. The van der Waals surface area contributed by atoms with Crippen LogP contribution in [0.5, 0.6) is 5.75 Å². The first-order valence-corrected chi connectivity index (χ1v) is 8.07. The zero-order valence-electron chi connectivity index (χ0n) is 13.3. The van der Waals surface area contributed by atoms with E-state index in [0.717, 1.165) is 10.8 Å². The first-order valence-electron chi connectivity index (χ1n) is 7.19. The average molecular weight is 356 g/mol. The van der Waals surface area contributed by atoms with Gasteiger partial charge in [0.25, 0.3) is 5.91 Å². The number of amides is 1. The molecular formula is C16H22ClN3O2S. The Morgan fingerprint density at radius 2 is 2.04 bits per heavy atom. The highest BCUT2D eigenvalue weighted by atomic mass is 35.5. The molecule has 0 atom stereocenters. The minimum atomic E-state index is -0.0907. The summed E-state index contributed by atoms with van der Waals surface area (Å²) in [5.74, 6) is 0.720. The lowest BCUT2D eigenvalue weighted by Crippen LogP contribution is -2.31. The number of rotatable bonds is 7. The number of halogens is 1. The van der Waals surface area contributed by atoms with Crippen LogP contribution in [0.25, 0.3) is 0 Å². The number of nitrogens with zero attached hydrogens (tertiary/aromatic N) is 2. The summed E-state index contributed by atoms with van der Waals surface area (Å²) in [5, 5.41) is 2.68. The highest BCUT2D eigenvalue weighted by Crippen LogP contribution is 2.13. The molecule has 5 nitrogen and oxygen atoms in total. The van der Waals surface area contributed by atoms with Gasteiger partial charge in [-0.05, 0) is 25.6 Å². The van der Waals surface area contributed by atoms with E-state index < -0.39 is 0 Å². The number of aryl methyl sites for hydroxylation is 1. The number of hydrogen-bond acceptors (Lipinski definition) is 5. The third-order valence-electron chi connectivity index (χ3n) is 3.19.